The van der Waals surface area contributed by atoms with E-state index in [-0.39, 0.29) is 16.7 Å². The van der Waals surface area contributed by atoms with E-state index in [9.17, 15) is 0 Å². The molecule has 3 rings (SSSR count). The van der Waals surface area contributed by atoms with Crippen molar-refractivity contribution in [3.05, 3.63) is 70.4 Å². The van der Waals surface area contributed by atoms with Crippen LogP contribution in [0.3, 0.4) is 0 Å². The summed E-state index contributed by atoms with van der Waals surface area (Å²) in [6, 6.07) is 12.1. The number of rotatable bonds is 4. The summed E-state index contributed by atoms with van der Waals surface area (Å²) in [6.45, 7) is 10.5. The fourth-order valence-electron chi connectivity index (χ4n) is 3.62. The Morgan fingerprint density at radius 1 is 1.17 bits per heavy atom. The van der Waals surface area contributed by atoms with Gasteiger partial charge in [-0.05, 0) is 44.5 Å². The van der Waals surface area contributed by atoms with E-state index >= 15 is 0 Å². The van der Waals surface area contributed by atoms with Crippen molar-refractivity contribution in [2.45, 2.75) is 31.6 Å². The van der Waals surface area contributed by atoms with Gasteiger partial charge in [0.15, 0.2) is 0 Å². The first-order chi connectivity index (χ1) is 11.2. The molecule has 3 N–H and O–H groups in total. The highest BCUT2D eigenvalue weighted by molar-refractivity contribution is 6.33. The predicted molar refractivity (Wildman–Crippen MR) is 105 cm³/mol. The van der Waals surface area contributed by atoms with Gasteiger partial charge in [0, 0.05) is 23.2 Å². The Bertz CT molecular complexity index is 791. The first-order valence-corrected chi connectivity index (χ1v) is 8.73. The van der Waals surface area contributed by atoms with E-state index < -0.39 is 0 Å². The molecule has 1 saturated carbocycles. The van der Waals surface area contributed by atoms with Gasteiger partial charge in [-0.2, -0.15) is 0 Å². The topological polar surface area (TPSA) is 38.0 Å². The van der Waals surface area contributed by atoms with Gasteiger partial charge in [0.05, 0.1) is 15.6 Å². The first-order valence-electron chi connectivity index (χ1n) is 7.98. The normalized spacial score (nSPS) is 25.4. The molecule has 0 bridgehead atoms. The molecular weight excluding hydrogens is 339 g/mol. The van der Waals surface area contributed by atoms with Crippen LogP contribution in [0.1, 0.15) is 29.5 Å². The molecule has 0 aromatic heterocycles. The molecule has 3 unspecified atom stereocenters. The van der Waals surface area contributed by atoms with Crippen molar-refractivity contribution in [1.82, 2.24) is 0 Å². The van der Waals surface area contributed by atoms with Gasteiger partial charge >= 0.3 is 0 Å². The molecule has 1 aliphatic rings. The minimum atomic E-state index is -0.331. The zero-order chi connectivity index (χ0) is 17.6. The number of hydrogen-bond acceptors (Lipinski definition) is 2. The predicted octanol–water partition coefficient (Wildman–Crippen LogP) is 5.88. The van der Waals surface area contributed by atoms with E-state index in [2.05, 4.69) is 50.9 Å². The van der Waals surface area contributed by atoms with Crippen LogP contribution in [-0.2, 0) is 0 Å². The van der Waals surface area contributed by atoms with Crippen molar-refractivity contribution in [2.75, 3.05) is 11.1 Å². The van der Waals surface area contributed by atoms with Crippen LogP contribution < -0.4 is 11.1 Å². The molecule has 3 atom stereocenters. The Morgan fingerprint density at radius 3 is 2.38 bits per heavy atom. The zero-order valence-corrected chi connectivity index (χ0v) is 15.7. The van der Waals surface area contributed by atoms with Crippen LogP contribution >= 0.6 is 23.2 Å². The van der Waals surface area contributed by atoms with Gasteiger partial charge in [0.25, 0.3) is 0 Å². The second-order valence-electron chi connectivity index (χ2n) is 6.91. The molecular formula is C20H22Cl2N2. The smallest absolute Gasteiger partial charge is 0.0636 e. The van der Waals surface area contributed by atoms with Crippen molar-refractivity contribution in [3.63, 3.8) is 0 Å². The molecule has 126 valence electrons. The Morgan fingerprint density at radius 2 is 1.79 bits per heavy atom. The minimum absolute atomic E-state index is 0.164. The molecule has 2 aromatic rings. The van der Waals surface area contributed by atoms with Crippen molar-refractivity contribution in [1.29, 1.82) is 0 Å². The number of hydrogen-bond donors (Lipinski definition) is 2. The number of allylic oxidation sites excluding steroid dienone is 1. The van der Waals surface area contributed by atoms with Crippen LogP contribution in [0.2, 0.25) is 5.02 Å². The number of aryl methyl sites for hydroxylation is 2. The van der Waals surface area contributed by atoms with Crippen LogP contribution in [0.4, 0.5) is 11.4 Å². The van der Waals surface area contributed by atoms with Crippen molar-refractivity contribution in [2.24, 2.45) is 5.92 Å². The lowest BCUT2D eigenvalue weighted by Gasteiger charge is -2.11. The van der Waals surface area contributed by atoms with E-state index in [0.29, 0.717) is 10.7 Å². The highest BCUT2D eigenvalue weighted by atomic mass is 35.5. The Hall–Kier alpha value is -1.64. The summed E-state index contributed by atoms with van der Waals surface area (Å²) >= 11 is 12.8. The quantitative estimate of drug-likeness (QED) is 0.527. The van der Waals surface area contributed by atoms with E-state index in [1.807, 2.05) is 12.1 Å². The summed E-state index contributed by atoms with van der Waals surface area (Å²) < 4.78 is 0. The third-order valence-electron chi connectivity index (χ3n) is 4.72. The summed E-state index contributed by atoms with van der Waals surface area (Å²) in [4.78, 5) is -0.331. The number of nitrogen functional groups attached to an aromatic ring is 1. The molecule has 0 amide bonds. The molecule has 1 fully saturated rings. The average molecular weight is 361 g/mol. The number of nitrogens with one attached hydrogen (secondary N) is 1. The lowest BCUT2D eigenvalue weighted by atomic mass is 10.0. The van der Waals surface area contributed by atoms with E-state index in [1.165, 1.54) is 16.7 Å². The molecule has 0 spiro atoms. The van der Waals surface area contributed by atoms with Crippen molar-refractivity contribution < 1.29 is 0 Å². The fraction of sp³-hybridized carbons (Fsp3) is 0.300. The summed E-state index contributed by atoms with van der Waals surface area (Å²) in [5, 5.41) is 3.89. The minimum Gasteiger partial charge on any atom is -0.397 e. The summed E-state index contributed by atoms with van der Waals surface area (Å²) in [7, 11) is 0. The standard InChI is InChI=1S/C20H22Cl2N2/c1-11-7-12(2)9-14(8-11)19-18(20(19,4)22)13(3)24-15-5-6-16(21)17(23)10-15/h5-10,18-19,24H,3,23H2,1-2,4H3. The summed E-state index contributed by atoms with van der Waals surface area (Å²) in [6.07, 6.45) is 0. The van der Waals surface area contributed by atoms with Gasteiger partial charge in [-0.3, -0.25) is 0 Å². The Balaban J connectivity index is 1.81. The van der Waals surface area contributed by atoms with Crippen LogP contribution in [0.5, 0.6) is 0 Å². The Labute approximate surface area is 153 Å². The number of benzene rings is 2. The van der Waals surface area contributed by atoms with Crippen LogP contribution in [0, 0.1) is 19.8 Å². The molecule has 0 aliphatic heterocycles. The van der Waals surface area contributed by atoms with Crippen LogP contribution in [0.15, 0.2) is 48.7 Å². The molecule has 24 heavy (non-hydrogen) atoms. The monoisotopic (exact) mass is 360 g/mol. The maximum Gasteiger partial charge on any atom is 0.0636 e. The average Bonchev–Trinajstić information content (AvgIpc) is 3.05. The summed E-state index contributed by atoms with van der Waals surface area (Å²) in [5.74, 6) is 0.416. The van der Waals surface area contributed by atoms with E-state index in [1.54, 1.807) is 6.07 Å². The third kappa shape index (κ3) is 3.13. The number of anilines is 2. The summed E-state index contributed by atoms with van der Waals surface area (Å²) in [5.41, 5.74) is 12.0. The fourth-order valence-corrected chi connectivity index (χ4v) is 4.18. The molecule has 2 nitrogen and oxygen atoms in total. The lowest BCUT2D eigenvalue weighted by Crippen LogP contribution is -2.05. The largest absolute Gasteiger partial charge is 0.397 e. The van der Waals surface area contributed by atoms with Crippen molar-refractivity contribution >= 4 is 34.6 Å². The Kier molecular flexibility index (Phi) is 4.31. The maximum absolute atomic E-state index is 6.78. The SMILES string of the molecule is C=C(Nc1ccc(Cl)c(N)c1)C1C(c2cc(C)cc(C)c2)C1(C)Cl. The lowest BCUT2D eigenvalue weighted by molar-refractivity contribution is 0.899. The van der Waals surface area contributed by atoms with Crippen LogP contribution in [-0.4, -0.2) is 4.87 Å². The molecule has 0 heterocycles. The highest BCUT2D eigenvalue weighted by Crippen LogP contribution is 2.64. The van der Waals surface area contributed by atoms with Crippen LogP contribution in [0.25, 0.3) is 0 Å². The molecule has 2 aromatic carbocycles. The number of alkyl halides is 1. The molecule has 4 heteroatoms. The van der Waals surface area contributed by atoms with Gasteiger partial charge in [-0.25, -0.2) is 0 Å². The maximum atomic E-state index is 6.78. The second-order valence-corrected chi connectivity index (χ2v) is 8.14. The van der Waals surface area contributed by atoms with Gasteiger partial charge in [0.2, 0.25) is 0 Å². The van der Waals surface area contributed by atoms with Gasteiger partial charge in [-0.1, -0.05) is 47.5 Å². The zero-order valence-electron chi connectivity index (χ0n) is 14.2. The van der Waals surface area contributed by atoms with Gasteiger partial charge < -0.3 is 11.1 Å². The molecule has 1 aliphatic carbocycles. The molecule has 0 radical (unpaired) electrons. The number of nitrogens with two attached hydrogens (primary N) is 1. The molecule has 0 saturated heterocycles. The second kappa shape index (κ2) is 6.02. The van der Waals surface area contributed by atoms with E-state index in [4.69, 9.17) is 28.9 Å². The van der Waals surface area contributed by atoms with Gasteiger partial charge in [0.1, 0.15) is 0 Å². The first kappa shape index (κ1) is 17.2. The number of halogens is 2. The highest BCUT2D eigenvalue weighted by Gasteiger charge is 2.62. The third-order valence-corrected chi connectivity index (χ3v) is 5.53. The van der Waals surface area contributed by atoms with Crippen molar-refractivity contribution in [3.8, 4) is 0 Å². The van der Waals surface area contributed by atoms with E-state index in [0.717, 1.165) is 11.4 Å². The van der Waals surface area contributed by atoms with Gasteiger partial charge in [-0.15, -0.1) is 11.6 Å².